The van der Waals surface area contributed by atoms with Gasteiger partial charge in [0.15, 0.2) is 11.1 Å². The van der Waals surface area contributed by atoms with Gasteiger partial charge in [-0.1, -0.05) is 0 Å². The molecule has 3 aliphatic heterocycles. The Labute approximate surface area is 178 Å². The van der Waals surface area contributed by atoms with E-state index in [1.807, 2.05) is 25.7 Å². The monoisotopic (exact) mass is 426 g/mol. The van der Waals surface area contributed by atoms with E-state index < -0.39 is 11.4 Å². The third-order valence-electron chi connectivity index (χ3n) is 5.58. The molecular formula is C22H23FN4O4. The molecule has 0 aliphatic carbocycles. The Bertz CT molecular complexity index is 1140. The maximum atomic E-state index is 13.3. The third-order valence-corrected chi connectivity index (χ3v) is 5.58. The Morgan fingerprint density at radius 3 is 2.61 bits per heavy atom. The number of anilines is 1. The van der Waals surface area contributed by atoms with Crippen molar-refractivity contribution in [3.05, 3.63) is 36.3 Å². The van der Waals surface area contributed by atoms with Crippen molar-refractivity contribution in [2.75, 3.05) is 18.0 Å². The number of hydrogen-bond donors (Lipinski definition) is 1. The van der Waals surface area contributed by atoms with Gasteiger partial charge in [0.05, 0.1) is 24.0 Å². The molecule has 8 nitrogen and oxygen atoms in total. The van der Waals surface area contributed by atoms with Crippen LogP contribution >= 0.6 is 0 Å². The predicted octanol–water partition coefficient (Wildman–Crippen LogP) is 3.93. The average Bonchev–Trinajstić information content (AvgIpc) is 3.14. The van der Waals surface area contributed by atoms with Gasteiger partial charge in [0.2, 0.25) is 0 Å². The molecule has 31 heavy (non-hydrogen) atoms. The van der Waals surface area contributed by atoms with Crippen molar-refractivity contribution in [1.29, 1.82) is 0 Å². The van der Waals surface area contributed by atoms with E-state index in [1.165, 1.54) is 12.1 Å². The van der Waals surface area contributed by atoms with Gasteiger partial charge in [-0.05, 0) is 51.5 Å². The Kier molecular flexibility index (Phi) is 4.32. The molecule has 3 aromatic rings. The molecule has 1 amide bonds. The lowest BCUT2D eigenvalue weighted by Crippen LogP contribution is -2.70. The standard InChI is InChI=1S/C22H23FN4O4/c1-22(2,3)31-21(29)27-13-8-14(27)11-26(10-13)20-25-18-17(28)7-5-15(19(18)30-20)16-6-4-12(23)9-24-16/h4-7,9,13-14,28H,8,10-11H2,1-3H3. The number of halogens is 1. The summed E-state index contributed by atoms with van der Waals surface area (Å²) in [5.74, 6) is -0.437. The van der Waals surface area contributed by atoms with E-state index in [4.69, 9.17) is 9.15 Å². The van der Waals surface area contributed by atoms with E-state index in [0.29, 0.717) is 41.5 Å². The van der Waals surface area contributed by atoms with Crippen LogP contribution in [0.4, 0.5) is 15.2 Å². The highest BCUT2D eigenvalue weighted by Gasteiger charge is 2.49. The third kappa shape index (κ3) is 3.43. The lowest BCUT2D eigenvalue weighted by molar-refractivity contribution is -0.0386. The number of aromatic hydroxyl groups is 1. The number of oxazole rings is 1. The SMILES string of the molecule is CC(C)(C)OC(=O)N1C2CC1CN(c1nc3c(O)ccc(-c4ccc(F)cn4)c3o1)C2. The fraction of sp³-hybridized carbons (Fsp3) is 0.409. The number of phenolic OH excluding ortho intramolecular Hbond substituents is 1. The van der Waals surface area contributed by atoms with E-state index in [9.17, 15) is 14.3 Å². The number of ether oxygens (including phenoxy) is 1. The van der Waals surface area contributed by atoms with Crippen LogP contribution in [-0.2, 0) is 4.74 Å². The first-order valence-corrected chi connectivity index (χ1v) is 10.2. The summed E-state index contributed by atoms with van der Waals surface area (Å²) in [6.45, 7) is 6.68. The summed E-state index contributed by atoms with van der Waals surface area (Å²) >= 11 is 0. The van der Waals surface area contributed by atoms with Gasteiger partial charge < -0.3 is 19.2 Å². The van der Waals surface area contributed by atoms with Gasteiger partial charge in [0.25, 0.3) is 6.01 Å². The van der Waals surface area contributed by atoms with E-state index in [1.54, 1.807) is 17.0 Å². The van der Waals surface area contributed by atoms with Crippen LogP contribution in [0.15, 0.2) is 34.9 Å². The van der Waals surface area contributed by atoms with Gasteiger partial charge in [-0.2, -0.15) is 4.98 Å². The Morgan fingerprint density at radius 2 is 1.97 bits per heavy atom. The number of carbonyl (C=O) groups excluding carboxylic acids is 1. The maximum absolute atomic E-state index is 13.3. The van der Waals surface area contributed by atoms with Crippen molar-refractivity contribution in [3.63, 3.8) is 0 Å². The second-order valence-corrected chi connectivity index (χ2v) is 9.00. The van der Waals surface area contributed by atoms with Crippen LogP contribution in [0.3, 0.4) is 0 Å². The minimum absolute atomic E-state index is 0.00610. The summed E-state index contributed by atoms with van der Waals surface area (Å²) in [5, 5.41) is 10.3. The second kappa shape index (κ2) is 6.83. The average molecular weight is 426 g/mol. The number of piperidine rings is 1. The summed E-state index contributed by atoms with van der Waals surface area (Å²) in [7, 11) is 0. The summed E-state index contributed by atoms with van der Waals surface area (Å²) in [6.07, 6.45) is 1.74. The minimum Gasteiger partial charge on any atom is -0.506 e. The molecule has 2 aromatic heterocycles. The molecule has 9 heteroatoms. The van der Waals surface area contributed by atoms with Crippen molar-refractivity contribution in [1.82, 2.24) is 14.9 Å². The van der Waals surface area contributed by atoms with Gasteiger partial charge >= 0.3 is 6.09 Å². The number of benzene rings is 1. The molecule has 2 bridgehead atoms. The molecule has 162 valence electrons. The molecule has 5 heterocycles. The highest BCUT2D eigenvalue weighted by molar-refractivity contribution is 5.93. The predicted molar refractivity (Wildman–Crippen MR) is 111 cm³/mol. The molecule has 3 aliphatic rings. The smallest absolute Gasteiger partial charge is 0.410 e. The van der Waals surface area contributed by atoms with Crippen molar-refractivity contribution in [3.8, 4) is 17.0 Å². The minimum atomic E-state index is -0.538. The van der Waals surface area contributed by atoms with Crippen molar-refractivity contribution in [2.24, 2.45) is 0 Å². The van der Waals surface area contributed by atoms with Crippen LogP contribution in [0.25, 0.3) is 22.4 Å². The van der Waals surface area contributed by atoms with Gasteiger partial charge in [-0.25, -0.2) is 9.18 Å². The van der Waals surface area contributed by atoms with Gasteiger partial charge in [-0.3, -0.25) is 9.88 Å². The molecule has 2 unspecified atom stereocenters. The van der Waals surface area contributed by atoms with Crippen LogP contribution in [0, 0.1) is 5.82 Å². The molecular weight excluding hydrogens is 403 g/mol. The van der Waals surface area contributed by atoms with Gasteiger partial charge in [0.1, 0.15) is 17.2 Å². The fourth-order valence-electron chi connectivity index (χ4n) is 4.23. The van der Waals surface area contributed by atoms with Crippen LogP contribution < -0.4 is 4.90 Å². The van der Waals surface area contributed by atoms with E-state index in [0.717, 1.165) is 12.6 Å². The number of pyridine rings is 1. The van der Waals surface area contributed by atoms with Gasteiger partial charge in [-0.15, -0.1) is 0 Å². The fourth-order valence-corrected chi connectivity index (χ4v) is 4.23. The van der Waals surface area contributed by atoms with Crippen LogP contribution in [0.5, 0.6) is 5.75 Å². The van der Waals surface area contributed by atoms with E-state index in [-0.39, 0.29) is 23.9 Å². The number of hydrogen-bond acceptors (Lipinski definition) is 7. The normalized spacial score (nSPS) is 20.6. The largest absolute Gasteiger partial charge is 0.506 e. The quantitative estimate of drug-likeness (QED) is 0.664. The topological polar surface area (TPSA) is 91.9 Å². The number of nitrogens with zero attached hydrogens (tertiary/aromatic N) is 4. The summed E-state index contributed by atoms with van der Waals surface area (Å²) in [4.78, 5) is 24.9. The Hall–Kier alpha value is -3.36. The molecule has 1 aromatic carbocycles. The molecule has 0 saturated carbocycles. The molecule has 2 atom stereocenters. The number of phenols is 1. The molecule has 3 fully saturated rings. The maximum Gasteiger partial charge on any atom is 0.410 e. The lowest BCUT2D eigenvalue weighted by atomic mass is 9.88. The number of aromatic nitrogens is 2. The zero-order chi connectivity index (χ0) is 21.9. The Balaban J connectivity index is 1.41. The summed E-state index contributed by atoms with van der Waals surface area (Å²) in [5.41, 5.74) is 1.30. The molecule has 6 rings (SSSR count). The molecule has 0 spiro atoms. The highest BCUT2D eigenvalue weighted by atomic mass is 19.1. The first-order chi connectivity index (χ1) is 14.7. The van der Waals surface area contributed by atoms with Crippen LogP contribution in [0.1, 0.15) is 27.2 Å². The Morgan fingerprint density at radius 1 is 1.23 bits per heavy atom. The van der Waals surface area contributed by atoms with Gasteiger partial charge in [0, 0.05) is 18.7 Å². The summed E-state index contributed by atoms with van der Waals surface area (Å²) in [6, 6.07) is 6.49. The van der Waals surface area contributed by atoms with Crippen LogP contribution in [0.2, 0.25) is 0 Å². The first kappa shape index (κ1) is 19.6. The number of rotatable bonds is 2. The molecule has 3 saturated heterocycles. The van der Waals surface area contributed by atoms with Crippen molar-refractivity contribution >= 4 is 23.2 Å². The number of carbonyl (C=O) groups is 1. The summed E-state index contributed by atoms with van der Waals surface area (Å²) < 4.78 is 24.8. The first-order valence-electron chi connectivity index (χ1n) is 10.2. The number of piperazine rings is 1. The lowest BCUT2D eigenvalue weighted by Gasteiger charge is -2.55. The van der Waals surface area contributed by atoms with Crippen LogP contribution in [-0.4, -0.2) is 56.8 Å². The van der Waals surface area contributed by atoms with E-state index in [2.05, 4.69) is 9.97 Å². The van der Waals surface area contributed by atoms with Crippen molar-refractivity contribution < 1.29 is 23.4 Å². The molecule has 1 N–H and O–H groups in total. The number of fused-ring (bicyclic) bond motifs is 3. The van der Waals surface area contributed by atoms with E-state index >= 15 is 0 Å². The zero-order valence-corrected chi connectivity index (χ0v) is 17.5. The van der Waals surface area contributed by atoms with Crippen molar-refractivity contribution in [2.45, 2.75) is 44.9 Å². The second-order valence-electron chi connectivity index (χ2n) is 9.00. The highest BCUT2D eigenvalue weighted by Crippen LogP contribution is 2.39. The zero-order valence-electron chi connectivity index (χ0n) is 17.5. The number of amides is 1. The molecule has 0 radical (unpaired) electrons.